The molecule has 8 heteroatoms. The Morgan fingerprint density at radius 3 is 0.909 bits per heavy atom. The van der Waals surface area contributed by atoms with Gasteiger partial charge >= 0.3 is 0 Å². The van der Waals surface area contributed by atoms with Crippen LogP contribution < -0.4 is 18.3 Å². The molecule has 0 radical (unpaired) electrons. The molecule has 8 nitrogen and oxygen atoms in total. The summed E-state index contributed by atoms with van der Waals surface area (Å²) in [6.45, 7) is 20.7. The van der Waals surface area contributed by atoms with Gasteiger partial charge < -0.3 is 0 Å². The van der Waals surface area contributed by atoms with Crippen LogP contribution in [-0.4, -0.2) is 17.6 Å². The summed E-state index contributed by atoms with van der Waals surface area (Å²) >= 11 is 0. The first kappa shape index (κ1) is 59.9. The molecule has 121 heavy (non-hydrogen) atoms. The number of imidazole rings is 4. The maximum Gasteiger partial charge on any atom is 0.295 e. The van der Waals surface area contributed by atoms with Gasteiger partial charge in [-0.25, -0.2) is 18.3 Å². The van der Waals surface area contributed by atoms with E-state index >= 15 is 0 Å². The second-order valence-corrected chi connectivity index (χ2v) is 38.2. The highest BCUT2D eigenvalue weighted by Gasteiger charge is 2.57. The predicted molar refractivity (Wildman–Crippen MR) is 508 cm³/mol. The second kappa shape index (κ2) is 25.7. The van der Waals surface area contributed by atoms with Crippen LogP contribution in [0, 0.1) is 48.3 Å². The molecule has 0 N–H and O–H groups in total. The summed E-state index contributed by atoms with van der Waals surface area (Å²) in [4.78, 5) is 0. The SMILES string of the molecule is [2H]C([2H])([2H])C1(C)c2c(-c3ccccc3)[n+](C)c3c4c(C)cccc4c4c(C)ccc(c4n23)C1(C)C.[2H]C([2H])([2H])C1(C)c2c(-c3ccccc3)[n+](C)c3c4c(C)cccc4c4cccc(c4n23)C1(C)C.[2H]C([2H])([2H])c1ccc2c3c1c1cccc(C)c1c1n3c(c(-c3ccccc3)[n+]1C)C(C)(C([2H])([2H])[2H])C2(C)C.[2H]C([2H])([2H])c1ccc2c3c1c1cccc(C)c1c1n3c(c[n+]1C)C(C)(C([2H])([2H])[2H])C2(C)C. The number of benzene rings is 11. The standard InChI is InChI=1S/2C30H31N2.C29H29N2.C24H27N2/c2*1-18-12-11-15-21-23-19(2)16-17-22-26(23)32-27(30(5,6)29(22,3)4)25(20-13-9-8-10-14-20)31(7)28(32)24(18)21;1-18-12-10-15-20-21-16-11-17-22-25(21)31-26(29(4,5)28(22,2)3)24(19-13-8-7-9-14-19)30(6)27(31)23(18)20;1-14-9-8-10-16-19-15(2)11-12-17-21(19)26-18(24(5,6)23(17,3)4)13-25(7)22(26)20(14)16/h2*8-17H,1-7H3;7-17H,1-6H3;8-13H,1-7H3/q4*+1/i2D3,5D3;5D3;4D3;2D3,5D3. The monoisotopic (exact) mass is 1610 g/mol. The molecule has 0 saturated heterocycles. The number of para-hydroxylation sites is 1. The Morgan fingerprint density at radius 1 is 0.248 bits per heavy atom. The van der Waals surface area contributed by atoms with Crippen molar-refractivity contribution < 1.29 is 42.9 Å². The molecule has 4 aliphatic heterocycles. The summed E-state index contributed by atoms with van der Waals surface area (Å²) in [5.74, 6) is 0. The van der Waals surface area contributed by atoms with Crippen LogP contribution in [0.3, 0.4) is 0 Å². The van der Waals surface area contributed by atoms with Crippen molar-refractivity contribution in [2.75, 3.05) is 0 Å². The molecular weight excluding hydrogens is 1470 g/mol. The van der Waals surface area contributed by atoms with Crippen LogP contribution in [0.4, 0.5) is 0 Å². The fraction of sp³-hybridized carbons (Fsp3) is 0.310. The number of hydrogen-bond donors (Lipinski definition) is 0. The van der Waals surface area contributed by atoms with E-state index in [0.29, 0.717) is 27.7 Å². The van der Waals surface area contributed by atoms with Crippen LogP contribution in [-0.2, 0) is 71.5 Å². The third kappa shape index (κ3) is 9.80. The van der Waals surface area contributed by atoms with E-state index in [1.807, 2.05) is 214 Å². The van der Waals surface area contributed by atoms with Gasteiger partial charge in [0, 0.05) is 150 Å². The Hall–Kier alpha value is -11.7. The van der Waals surface area contributed by atoms with Crippen molar-refractivity contribution in [3.63, 3.8) is 0 Å². The van der Waals surface area contributed by atoms with Crippen LogP contribution >= 0.6 is 0 Å². The average molecular weight is 1610 g/mol. The third-order valence-corrected chi connectivity index (χ3v) is 30.6. The van der Waals surface area contributed by atoms with E-state index in [9.17, 15) is 0 Å². The van der Waals surface area contributed by atoms with Gasteiger partial charge in [0.1, 0.15) is 28.3 Å². The molecule has 0 aliphatic carbocycles. The zero-order valence-electron chi connectivity index (χ0n) is 91.4. The summed E-state index contributed by atoms with van der Waals surface area (Å²) in [6, 6.07) is 73.0. The normalized spacial score (nSPS) is 22.8. The molecule has 0 amide bonds. The highest BCUT2D eigenvalue weighted by Crippen LogP contribution is 2.59. The van der Waals surface area contributed by atoms with E-state index in [1.165, 1.54) is 49.0 Å². The number of hydrogen-bond acceptors (Lipinski definition) is 0. The predicted octanol–water partition coefficient (Wildman–Crippen LogP) is 25.7. The van der Waals surface area contributed by atoms with Crippen LogP contribution in [0.1, 0.15) is 219 Å². The van der Waals surface area contributed by atoms with Gasteiger partial charge in [0.05, 0.1) is 49.7 Å². The molecule has 606 valence electrons. The molecule has 0 saturated carbocycles. The number of fused-ring (bicyclic) bond motifs is 12. The van der Waals surface area contributed by atoms with E-state index in [0.717, 1.165) is 145 Å². The van der Waals surface area contributed by atoms with Crippen LogP contribution in [0.2, 0.25) is 0 Å². The summed E-state index contributed by atoms with van der Waals surface area (Å²) in [5.41, 5.74) is 19.0. The molecular formula is C113H118N8+4. The quantitative estimate of drug-likeness (QED) is 0.125. The minimum atomic E-state index is -2.35. The topological polar surface area (TPSA) is 33.2 Å². The molecule has 0 bridgehead atoms. The lowest BCUT2D eigenvalue weighted by Crippen LogP contribution is -2.44. The Balaban J connectivity index is 0.000000114. The van der Waals surface area contributed by atoms with Crippen molar-refractivity contribution in [3.05, 3.63) is 309 Å². The Morgan fingerprint density at radius 2 is 0.537 bits per heavy atom. The first-order chi connectivity index (χ1) is 64.7. The van der Waals surface area contributed by atoms with E-state index in [4.69, 9.17) is 24.7 Å². The van der Waals surface area contributed by atoms with Crippen molar-refractivity contribution in [1.29, 1.82) is 0 Å². The third-order valence-electron chi connectivity index (χ3n) is 30.6. The second-order valence-electron chi connectivity index (χ2n) is 38.2. The molecule has 4 atom stereocenters. The van der Waals surface area contributed by atoms with Crippen molar-refractivity contribution in [2.24, 2.45) is 28.2 Å². The maximum absolute atomic E-state index is 8.91. The molecule has 0 spiro atoms. The molecule has 0 fully saturated rings. The molecule has 11 aromatic carbocycles. The smallest absolute Gasteiger partial charge is 0.232 e. The fourth-order valence-electron chi connectivity index (χ4n) is 22.4. The van der Waals surface area contributed by atoms with E-state index in [-0.39, 0.29) is 5.56 Å². The highest BCUT2D eigenvalue weighted by atomic mass is 15.2. The van der Waals surface area contributed by atoms with Gasteiger partial charge in [0.25, 0.3) is 22.6 Å². The first-order valence-corrected chi connectivity index (χ1v) is 42.5. The van der Waals surface area contributed by atoms with Gasteiger partial charge in [-0.2, -0.15) is 17.6 Å². The number of aromatic nitrogens is 8. The van der Waals surface area contributed by atoms with Gasteiger partial charge in [-0.3, -0.25) is 0 Å². The summed E-state index contributed by atoms with van der Waals surface area (Å²) in [6.07, 6.45) is 1.92. The van der Waals surface area contributed by atoms with Gasteiger partial charge in [0.15, 0.2) is 39.9 Å². The summed E-state index contributed by atoms with van der Waals surface area (Å²) in [7, 11) is 8.10. The number of rotatable bonds is 3. The van der Waals surface area contributed by atoms with Gasteiger partial charge in [-0.15, -0.1) is 0 Å². The minimum Gasteiger partial charge on any atom is -0.232 e. The van der Waals surface area contributed by atoms with Crippen molar-refractivity contribution in [1.82, 2.24) is 17.6 Å². The van der Waals surface area contributed by atoms with E-state index in [2.05, 4.69) is 180 Å². The Labute approximate surface area is 738 Å². The largest absolute Gasteiger partial charge is 0.295 e. The minimum absolute atomic E-state index is 0.283. The van der Waals surface area contributed by atoms with Crippen LogP contribution in [0.5, 0.6) is 0 Å². The lowest BCUT2D eigenvalue weighted by atomic mass is 9.60. The molecule has 4 aliphatic rings. The Kier molecular flexibility index (Phi) is 12.7. The van der Waals surface area contributed by atoms with Gasteiger partial charge in [0.2, 0.25) is 0 Å². The first-order valence-electron chi connectivity index (χ1n) is 51.5. The lowest BCUT2D eigenvalue weighted by molar-refractivity contribution is -0.643. The van der Waals surface area contributed by atoms with E-state index in [1.54, 1.807) is 12.1 Å². The fourth-order valence-corrected chi connectivity index (χ4v) is 22.4. The molecule has 4 unspecified atom stereocenters. The lowest BCUT2D eigenvalue weighted by Gasteiger charge is -2.43. The summed E-state index contributed by atoms with van der Waals surface area (Å²) in [5, 5.41) is 12.2. The molecule has 8 aromatic heterocycles. The zero-order valence-corrected chi connectivity index (χ0v) is 73.4. The number of pyridine rings is 4. The zero-order chi connectivity index (χ0) is 100. The van der Waals surface area contributed by atoms with Crippen molar-refractivity contribution in [3.8, 4) is 33.8 Å². The van der Waals surface area contributed by atoms with Gasteiger partial charge in [-0.05, 0) is 87.3 Å². The van der Waals surface area contributed by atoms with Crippen LogP contribution in [0.15, 0.2) is 225 Å². The Bertz CT molecular complexity index is 8570. The highest BCUT2D eigenvalue weighted by molar-refractivity contribution is 6.19. The molecule has 23 rings (SSSR count). The summed E-state index contributed by atoms with van der Waals surface area (Å²) < 4.78 is 173. The molecule has 19 aromatic rings. The molecule has 12 heterocycles. The van der Waals surface area contributed by atoms with E-state index < -0.39 is 84.4 Å². The maximum atomic E-state index is 8.91. The average Bonchev–Trinajstić information content (AvgIpc) is 1.49. The number of nitrogens with zero attached hydrogens (tertiary/aromatic N) is 8. The van der Waals surface area contributed by atoms with Crippen LogP contribution in [0.25, 0.3) is 143 Å². The van der Waals surface area contributed by atoms with Crippen molar-refractivity contribution in [2.45, 2.75) is 202 Å². The van der Waals surface area contributed by atoms with Crippen molar-refractivity contribution >= 4 is 109 Å². The number of aryl methyl sites for hydroxylation is 11. The van der Waals surface area contributed by atoms with Gasteiger partial charge in [-0.1, -0.05) is 329 Å².